The Morgan fingerprint density at radius 3 is 2.38 bits per heavy atom. The van der Waals surface area contributed by atoms with Crippen molar-refractivity contribution in [1.82, 2.24) is 0 Å². The molecule has 0 spiro atoms. The third kappa shape index (κ3) is 4.87. The number of hydrogen-bond acceptors (Lipinski definition) is 12. The van der Waals surface area contributed by atoms with Crippen LogP contribution in [0.25, 0.3) is 0 Å². The van der Waals surface area contributed by atoms with Crippen molar-refractivity contribution in [2.75, 3.05) is 13.7 Å². The molecule has 1 fully saturated rings. The first-order valence-corrected chi connectivity index (χ1v) is 12.8. The maximum Gasteiger partial charge on any atom is 0.202 e. The number of hydrogen-bond donors (Lipinski definition) is 6. The number of ketones is 3. The molecule has 1 saturated heterocycles. The van der Waals surface area contributed by atoms with Crippen LogP contribution in [0.3, 0.4) is 0 Å². The number of ether oxygens (including phenoxy) is 3. The Kier molecular flexibility index (Phi) is 8.31. The van der Waals surface area contributed by atoms with Crippen LogP contribution in [0.1, 0.15) is 69.7 Å². The molecule has 7 N–H and O–H groups in total. The molecule has 2 aromatic rings. The second-order valence-electron chi connectivity index (χ2n) is 10.1. The quantitative estimate of drug-likeness (QED) is 0.198. The minimum absolute atomic E-state index is 0.0594. The topological polar surface area (TPSA) is 206 Å². The van der Waals surface area contributed by atoms with Gasteiger partial charge in [0, 0.05) is 35.6 Å². The van der Waals surface area contributed by atoms with Gasteiger partial charge in [-0.3, -0.25) is 14.4 Å². The fraction of sp³-hybridized carbons (Fsp3) is 0.464. The number of Topliss-reactive ketones (excluding diaryl/α,β-unsaturated/α-hetero) is 1. The van der Waals surface area contributed by atoms with Gasteiger partial charge in [-0.1, -0.05) is 19.1 Å². The lowest BCUT2D eigenvalue weighted by molar-refractivity contribution is -0.226. The molecule has 12 heteroatoms. The van der Waals surface area contributed by atoms with Crippen molar-refractivity contribution in [2.45, 2.75) is 69.9 Å². The maximum absolute atomic E-state index is 13.6. The Morgan fingerprint density at radius 1 is 1.12 bits per heavy atom. The van der Waals surface area contributed by atoms with E-state index >= 15 is 0 Å². The van der Waals surface area contributed by atoms with Gasteiger partial charge in [0.2, 0.25) is 5.78 Å². The summed E-state index contributed by atoms with van der Waals surface area (Å²) in [6.07, 6.45) is -3.24. The fourth-order valence-electron chi connectivity index (χ4n) is 5.23. The van der Waals surface area contributed by atoms with Crippen LogP contribution in [-0.2, 0) is 27.3 Å². The van der Waals surface area contributed by atoms with E-state index in [0.717, 1.165) is 0 Å². The molecule has 2 aliphatic rings. The van der Waals surface area contributed by atoms with E-state index in [1.165, 1.54) is 32.2 Å². The van der Waals surface area contributed by atoms with Crippen molar-refractivity contribution in [3.05, 3.63) is 51.6 Å². The lowest BCUT2D eigenvalue weighted by atomic mass is 9.77. The SMILES string of the molecule is CCC(O)(Cc1c(O)c2c(c(O)c1CO[C@H]1C[C@H](N)C(O)[C@H](C)O1)C(=O)c1c(OC)cccc1C2=O)C(=O)CO. The number of phenolic OH excluding ortho intramolecular Hbond substituents is 2. The molecule has 0 aromatic heterocycles. The number of methoxy groups -OCH3 is 1. The van der Waals surface area contributed by atoms with Gasteiger partial charge in [-0.15, -0.1) is 0 Å². The van der Waals surface area contributed by atoms with E-state index in [4.69, 9.17) is 19.9 Å². The number of aromatic hydroxyl groups is 2. The second kappa shape index (κ2) is 11.2. The van der Waals surface area contributed by atoms with Crippen LogP contribution in [0, 0.1) is 0 Å². The average molecular weight is 560 g/mol. The van der Waals surface area contributed by atoms with Crippen LogP contribution in [0.5, 0.6) is 17.2 Å². The van der Waals surface area contributed by atoms with E-state index in [1.54, 1.807) is 6.92 Å². The zero-order valence-corrected chi connectivity index (χ0v) is 22.3. The average Bonchev–Trinajstić information content (AvgIpc) is 2.94. The molecule has 216 valence electrons. The van der Waals surface area contributed by atoms with Crippen LogP contribution < -0.4 is 10.5 Å². The molecule has 0 amide bonds. The predicted octanol–water partition coefficient (Wildman–Crippen LogP) is 0.466. The highest BCUT2D eigenvalue weighted by atomic mass is 16.7. The molecule has 1 heterocycles. The number of fused-ring (bicyclic) bond motifs is 2. The predicted molar refractivity (Wildman–Crippen MR) is 138 cm³/mol. The maximum atomic E-state index is 13.6. The van der Waals surface area contributed by atoms with Crippen LogP contribution in [0.2, 0.25) is 0 Å². The molecule has 5 atom stereocenters. The van der Waals surface area contributed by atoms with Gasteiger partial charge < -0.3 is 45.5 Å². The Labute approximate surface area is 229 Å². The summed E-state index contributed by atoms with van der Waals surface area (Å²) < 4.78 is 16.7. The van der Waals surface area contributed by atoms with Gasteiger partial charge in [0.1, 0.15) is 29.5 Å². The summed E-state index contributed by atoms with van der Waals surface area (Å²) >= 11 is 0. The monoisotopic (exact) mass is 559 g/mol. The van der Waals surface area contributed by atoms with Crippen molar-refractivity contribution < 1.29 is 54.1 Å². The zero-order chi connectivity index (χ0) is 29.5. The van der Waals surface area contributed by atoms with Crippen LogP contribution in [0.4, 0.5) is 0 Å². The Balaban J connectivity index is 1.87. The largest absolute Gasteiger partial charge is 0.507 e. The fourth-order valence-corrected chi connectivity index (χ4v) is 5.23. The summed E-state index contributed by atoms with van der Waals surface area (Å²) in [5.74, 6) is -3.83. The molecule has 2 aromatic carbocycles. The van der Waals surface area contributed by atoms with E-state index in [1.807, 2.05) is 0 Å². The third-order valence-corrected chi connectivity index (χ3v) is 7.71. The van der Waals surface area contributed by atoms with E-state index in [2.05, 4.69) is 0 Å². The van der Waals surface area contributed by atoms with E-state index in [9.17, 15) is 39.9 Å². The highest BCUT2D eigenvalue weighted by molar-refractivity contribution is 6.31. The number of aliphatic hydroxyl groups is 3. The smallest absolute Gasteiger partial charge is 0.202 e. The van der Waals surface area contributed by atoms with Gasteiger partial charge in [0.05, 0.1) is 42.6 Å². The molecule has 4 rings (SSSR count). The molecular weight excluding hydrogens is 526 g/mol. The molecule has 12 nitrogen and oxygen atoms in total. The first-order valence-electron chi connectivity index (χ1n) is 12.8. The van der Waals surface area contributed by atoms with Gasteiger partial charge in [0.25, 0.3) is 0 Å². The second-order valence-corrected chi connectivity index (χ2v) is 10.1. The molecule has 40 heavy (non-hydrogen) atoms. The molecular formula is C28H33NO11. The van der Waals surface area contributed by atoms with Crippen molar-refractivity contribution in [1.29, 1.82) is 0 Å². The summed E-state index contributed by atoms with van der Waals surface area (Å²) in [7, 11) is 1.32. The minimum Gasteiger partial charge on any atom is -0.507 e. The summed E-state index contributed by atoms with van der Waals surface area (Å²) in [5.41, 5.74) is 2.27. The number of nitrogens with two attached hydrogens (primary N) is 1. The molecule has 0 radical (unpaired) electrons. The molecule has 0 bridgehead atoms. The van der Waals surface area contributed by atoms with Gasteiger partial charge in [-0.05, 0) is 19.4 Å². The summed E-state index contributed by atoms with van der Waals surface area (Å²) in [5, 5.41) is 53.4. The molecule has 1 aliphatic carbocycles. The summed E-state index contributed by atoms with van der Waals surface area (Å²) in [6, 6.07) is 3.68. The first-order chi connectivity index (χ1) is 18.9. The Bertz CT molecular complexity index is 1340. The van der Waals surface area contributed by atoms with E-state index in [-0.39, 0.29) is 40.8 Å². The minimum atomic E-state index is -2.17. The number of benzene rings is 2. The highest BCUT2D eigenvalue weighted by Gasteiger charge is 2.42. The van der Waals surface area contributed by atoms with Crippen LogP contribution >= 0.6 is 0 Å². The number of carbonyl (C=O) groups excluding carboxylic acids is 3. The van der Waals surface area contributed by atoms with Crippen molar-refractivity contribution in [3.8, 4) is 17.2 Å². The number of aliphatic hydroxyl groups excluding tert-OH is 2. The lowest BCUT2D eigenvalue weighted by Gasteiger charge is -2.36. The van der Waals surface area contributed by atoms with Crippen molar-refractivity contribution in [3.63, 3.8) is 0 Å². The number of phenols is 2. The molecule has 1 aliphatic heterocycles. The van der Waals surface area contributed by atoms with Gasteiger partial charge in [-0.25, -0.2) is 0 Å². The lowest BCUT2D eigenvalue weighted by Crippen LogP contribution is -2.51. The third-order valence-electron chi connectivity index (χ3n) is 7.71. The van der Waals surface area contributed by atoms with Gasteiger partial charge >= 0.3 is 0 Å². The van der Waals surface area contributed by atoms with Gasteiger partial charge in [0.15, 0.2) is 17.9 Å². The van der Waals surface area contributed by atoms with Crippen LogP contribution in [-0.4, -0.2) is 86.7 Å². The first kappa shape index (κ1) is 29.6. The normalized spacial score (nSPS) is 23.8. The molecule has 0 saturated carbocycles. The zero-order valence-electron chi connectivity index (χ0n) is 22.3. The van der Waals surface area contributed by atoms with E-state index in [0.29, 0.717) is 0 Å². The summed E-state index contributed by atoms with van der Waals surface area (Å²) in [6.45, 7) is 1.60. The van der Waals surface area contributed by atoms with Gasteiger partial charge in [-0.2, -0.15) is 0 Å². The van der Waals surface area contributed by atoms with Crippen molar-refractivity contribution >= 4 is 17.3 Å². The van der Waals surface area contributed by atoms with Crippen molar-refractivity contribution in [2.24, 2.45) is 5.73 Å². The number of carbonyl (C=O) groups is 3. The molecule has 2 unspecified atom stereocenters. The Morgan fingerprint density at radius 2 is 1.77 bits per heavy atom. The number of rotatable bonds is 9. The van der Waals surface area contributed by atoms with Crippen LogP contribution in [0.15, 0.2) is 18.2 Å². The standard InChI is InChI=1S/C28H33NO11/c1-4-28(37,18(31)10-30)9-14-15(11-39-19-8-16(29)23(32)12(2)40-19)26(35)22-21(25(14)34)24(33)13-6-5-7-17(38-3)20(13)27(22)36/h5-7,12,16,19,23,30,32,34-35,37H,4,8-11,29H2,1-3H3/t12-,16-,19+,23?,28?/m0/s1. The Hall–Kier alpha value is -3.39. The van der Waals surface area contributed by atoms with E-state index < -0.39 is 89.8 Å². The summed E-state index contributed by atoms with van der Waals surface area (Å²) in [4.78, 5) is 39.7. The highest BCUT2D eigenvalue weighted by Crippen LogP contribution is 2.46.